The number of nitrogens with one attached hydrogen (secondary N) is 1. The second kappa shape index (κ2) is 7.84. The Kier molecular flexibility index (Phi) is 5.53. The van der Waals surface area contributed by atoms with E-state index in [0.29, 0.717) is 37.7 Å². The Hall–Kier alpha value is -2.45. The van der Waals surface area contributed by atoms with Crippen molar-refractivity contribution in [1.82, 2.24) is 0 Å². The summed E-state index contributed by atoms with van der Waals surface area (Å²) >= 11 is 3.37. The smallest absolute Gasteiger partial charge is 0.293 e. The lowest BCUT2D eigenvalue weighted by Gasteiger charge is -2.28. The summed E-state index contributed by atoms with van der Waals surface area (Å²) in [6.07, 6.45) is 0. The number of amides is 1. The van der Waals surface area contributed by atoms with Crippen molar-refractivity contribution < 1.29 is 14.5 Å². The predicted molar refractivity (Wildman–Crippen MR) is 103 cm³/mol. The highest BCUT2D eigenvalue weighted by Crippen LogP contribution is 2.30. The van der Waals surface area contributed by atoms with E-state index in [4.69, 9.17) is 4.74 Å². The second-order valence-electron chi connectivity index (χ2n) is 5.97. The highest BCUT2D eigenvalue weighted by Gasteiger charge is 2.23. The number of rotatable bonds is 4. The Balaban J connectivity index is 1.88. The fourth-order valence-corrected chi connectivity index (χ4v) is 3.17. The molecule has 26 heavy (non-hydrogen) atoms. The molecule has 1 N–H and O–H groups in total. The number of hydrogen-bond donors (Lipinski definition) is 1. The van der Waals surface area contributed by atoms with Gasteiger partial charge < -0.3 is 15.0 Å². The van der Waals surface area contributed by atoms with E-state index < -0.39 is 4.92 Å². The minimum atomic E-state index is -0.452. The summed E-state index contributed by atoms with van der Waals surface area (Å²) in [7, 11) is 0. The fourth-order valence-electron chi connectivity index (χ4n) is 2.81. The molecule has 0 bridgehead atoms. The Bertz CT molecular complexity index is 850. The Labute approximate surface area is 159 Å². The van der Waals surface area contributed by atoms with E-state index in [0.717, 1.165) is 10.0 Å². The van der Waals surface area contributed by atoms with Crippen molar-refractivity contribution >= 4 is 38.9 Å². The molecule has 0 spiro atoms. The lowest BCUT2D eigenvalue weighted by Crippen LogP contribution is -2.36. The maximum Gasteiger partial charge on any atom is 0.293 e. The van der Waals surface area contributed by atoms with Gasteiger partial charge in [-0.3, -0.25) is 14.9 Å². The van der Waals surface area contributed by atoms with E-state index in [1.807, 2.05) is 24.0 Å². The van der Waals surface area contributed by atoms with Gasteiger partial charge >= 0.3 is 0 Å². The van der Waals surface area contributed by atoms with Crippen LogP contribution in [0.25, 0.3) is 0 Å². The normalized spacial score (nSPS) is 14.2. The molecule has 136 valence electrons. The van der Waals surface area contributed by atoms with Crippen molar-refractivity contribution in [3.8, 4) is 0 Å². The van der Waals surface area contributed by atoms with Gasteiger partial charge in [-0.1, -0.05) is 22.0 Å². The average Bonchev–Trinajstić information content (AvgIpc) is 2.65. The first-order valence-electron chi connectivity index (χ1n) is 8.14. The van der Waals surface area contributed by atoms with Gasteiger partial charge in [0.15, 0.2) is 0 Å². The molecule has 2 aromatic carbocycles. The van der Waals surface area contributed by atoms with Crippen molar-refractivity contribution in [3.63, 3.8) is 0 Å². The molecule has 2 aromatic rings. The van der Waals surface area contributed by atoms with Gasteiger partial charge in [0, 0.05) is 34.9 Å². The number of nitrogens with zero attached hydrogens (tertiary/aromatic N) is 2. The number of nitro groups is 1. The molecular formula is C18H18BrN3O4. The van der Waals surface area contributed by atoms with Crippen LogP contribution in [-0.2, 0) is 4.74 Å². The molecule has 1 aliphatic rings. The third kappa shape index (κ3) is 4.03. The number of carbonyl (C=O) groups is 1. The highest BCUT2D eigenvalue weighted by molar-refractivity contribution is 9.10. The minimum absolute atomic E-state index is 0.0782. The van der Waals surface area contributed by atoms with Crippen LogP contribution in [0.5, 0.6) is 0 Å². The van der Waals surface area contributed by atoms with Crippen LogP contribution < -0.4 is 10.2 Å². The number of benzene rings is 2. The summed E-state index contributed by atoms with van der Waals surface area (Å²) in [4.78, 5) is 25.5. The summed E-state index contributed by atoms with van der Waals surface area (Å²) in [5.74, 6) is -0.386. The maximum atomic E-state index is 12.6. The number of morpholine rings is 1. The largest absolute Gasteiger partial charge is 0.378 e. The first-order chi connectivity index (χ1) is 12.5. The van der Waals surface area contributed by atoms with Crippen molar-refractivity contribution in [1.29, 1.82) is 0 Å². The molecule has 7 nitrogen and oxygen atoms in total. The average molecular weight is 420 g/mol. The van der Waals surface area contributed by atoms with Crippen LogP contribution in [0.1, 0.15) is 15.9 Å². The number of nitro benzene ring substituents is 1. The molecule has 3 rings (SSSR count). The zero-order chi connectivity index (χ0) is 18.7. The van der Waals surface area contributed by atoms with Gasteiger partial charge in [-0.15, -0.1) is 0 Å². The Morgan fingerprint density at radius 2 is 1.96 bits per heavy atom. The third-order valence-corrected chi connectivity index (χ3v) is 4.73. The lowest BCUT2D eigenvalue weighted by atomic mass is 10.1. The summed E-state index contributed by atoms with van der Waals surface area (Å²) in [5.41, 5.74) is 2.23. The van der Waals surface area contributed by atoms with Crippen molar-refractivity contribution in [2.75, 3.05) is 36.5 Å². The summed E-state index contributed by atoms with van der Waals surface area (Å²) < 4.78 is 6.13. The number of halogens is 1. The van der Waals surface area contributed by atoms with Gasteiger partial charge in [0.05, 0.1) is 18.1 Å². The SMILES string of the molecule is Cc1ccc(Br)cc1NC(=O)c1ccc(N2CCOCC2)c([N+](=O)[O-])c1. The predicted octanol–water partition coefficient (Wildman–Crippen LogP) is 3.75. The van der Waals surface area contributed by atoms with E-state index >= 15 is 0 Å². The summed E-state index contributed by atoms with van der Waals surface area (Å²) in [6, 6.07) is 10.1. The number of hydrogen-bond acceptors (Lipinski definition) is 5. The van der Waals surface area contributed by atoms with Crippen LogP contribution in [0, 0.1) is 17.0 Å². The third-order valence-electron chi connectivity index (χ3n) is 4.23. The fraction of sp³-hybridized carbons (Fsp3) is 0.278. The number of anilines is 2. The van der Waals surface area contributed by atoms with Crippen LogP contribution >= 0.6 is 15.9 Å². The summed E-state index contributed by atoms with van der Waals surface area (Å²) in [6.45, 7) is 4.11. The quantitative estimate of drug-likeness (QED) is 0.602. The van der Waals surface area contributed by atoms with Crippen LogP contribution in [0.15, 0.2) is 40.9 Å². The van der Waals surface area contributed by atoms with Gasteiger partial charge in [-0.2, -0.15) is 0 Å². The van der Waals surface area contributed by atoms with Crippen molar-refractivity contribution in [3.05, 3.63) is 62.1 Å². The Morgan fingerprint density at radius 3 is 2.65 bits per heavy atom. The topological polar surface area (TPSA) is 84.7 Å². The molecule has 0 radical (unpaired) electrons. The zero-order valence-electron chi connectivity index (χ0n) is 14.2. The molecule has 1 saturated heterocycles. The zero-order valence-corrected chi connectivity index (χ0v) is 15.8. The lowest BCUT2D eigenvalue weighted by molar-refractivity contribution is -0.384. The summed E-state index contributed by atoms with van der Waals surface area (Å²) in [5, 5.41) is 14.3. The van der Waals surface area contributed by atoms with Crippen molar-refractivity contribution in [2.24, 2.45) is 0 Å². The van der Waals surface area contributed by atoms with Gasteiger partial charge in [0.25, 0.3) is 11.6 Å². The number of aryl methyl sites for hydroxylation is 1. The van der Waals surface area contributed by atoms with Gasteiger partial charge in [-0.25, -0.2) is 0 Å². The van der Waals surface area contributed by atoms with Crippen LogP contribution in [0.2, 0.25) is 0 Å². The molecule has 0 saturated carbocycles. The second-order valence-corrected chi connectivity index (χ2v) is 6.89. The van der Waals surface area contributed by atoms with Gasteiger partial charge in [0.2, 0.25) is 0 Å². The molecule has 0 aromatic heterocycles. The molecule has 1 amide bonds. The molecule has 1 fully saturated rings. The van der Waals surface area contributed by atoms with E-state index in [9.17, 15) is 14.9 Å². The van der Waals surface area contributed by atoms with Crippen LogP contribution in [0.3, 0.4) is 0 Å². The van der Waals surface area contributed by atoms with Crippen LogP contribution in [-0.4, -0.2) is 37.1 Å². The highest BCUT2D eigenvalue weighted by atomic mass is 79.9. The molecule has 0 unspecified atom stereocenters. The molecule has 8 heteroatoms. The Morgan fingerprint density at radius 1 is 1.23 bits per heavy atom. The van der Waals surface area contributed by atoms with E-state index in [-0.39, 0.29) is 17.2 Å². The first kappa shape index (κ1) is 18.3. The minimum Gasteiger partial charge on any atom is -0.378 e. The molecule has 0 aliphatic carbocycles. The molecule has 1 heterocycles. The number of carbonyl (C=O) groups excluding carboxylic acids is 1. The molecular weight excluding hydrogens is 402 g/mol. The van der Waals surface area contributed by atoms with Gasteiger partial charge in [-0.05, 0) is 36.8 Å². The van der Waals surface area contributed by atoms with Crippen LogP contribution in [0.4, 0.5) is 17.1 Å². The monoisotopic (exact) mass is 419 g/mol. The molecule has 1 aliphatic heterocycles. The maximum absolute atomic E-state index is 12.6. The van der Waals surface area contributed by atoms with E-state index in [1.165, 1.54) is 6.07 Å². The van der Waals surface area contributed by atoms with E-state index in [2.05, 4.69) is 21.2 Å². The molecule has 0 atom stereocenters. The standard InChI is InChI=1S/C18H18BrN3O4/c1-12-2-4-14(19)11-15(12)20-18(23)13-3-5-16(17(10-13)22(24)25)21-6-8-26-9-7-21/h2-5,10-11H,6-9H2,1H3,(H,20,23). The van der Waals surface area contributed by atoms with E-state index in [1.54, 1.807) is 18.2 Å². The van der Waals surface area contributed by atoms with Gasteiger partial charge in [0.1, 0.15) is 5.69 Å². The van der Waals surface area contributed by atoms with Crippen molar-refractivity contribution in [2.45, 2.75) is 6.92 Å². The number of ether oxygens (including phenoxy) is 1. The first-order valence-corrected chi connectivity index (χ1v) is 8.93.